The van der Waals surface area contributed by atoms with E-state index in [1.165, 1.54) is 6.92 Å². The van der Waals surface area contributed by atoms with E-state index in [-0.39, 0.29) is 0 Å². The lowest BCUT2D eigenvalue weighted by Crippen LogP contribution is -2.39. The lowest BCUT2D eigenvalue weighted by molar-refractivity contribution is -0.184. The summed E-state index contributed by atoms with van der Waals surface area (Å²) in [7, 11) is 0. The van der Waals surface area contributed by atoms with Crippen LogP contribution in [0.3, 0.4) is 0 Å². The molecule has 15 heavy (non-hydrogen) atoms. The number of aliphatic hydroxyl groups excluding tert-OH is 4. The number of aliphatic hydroxyl groups is 4. The summed E-state index contributed by atoms with van der Waals surface area (Å²) < 4.78 is 4.80. The van der Waals surface area contributed by atoms with Gasteiger partial charge in [0.05, 0.1) is 19.3 Å². The van der Waals surface area contributed by atoms with Crippen molar-refractivity contribution in [2.45, 2.75) is 31.5 Å². The van der Waals surface area contributed by atoms with Crippen LogP contribution in [-0.2, 0) is 4.74 Å². The van der Waals surface area contributed by atoms with Gasteiger partial charge < -0.3 is 25.2 Å². The van der Waals surface area contributed by atoms with Crippen molar-refractivity contribution in [2.24, 2.45) is 5.11 Å². The number of hydrogen-bond acceptors (Lipinski definition) is 6. The van der Waals surface area contributed by atoms with Crippen molar-refractivity contribution in [2.75, 3.05) is 13.2 Å². The van der Waals surface area contributed by atoms with E-state index in [2.05, 4.69) is 10.0 Å². The molecule has 0 aliphatic rings. The van der Waals surface area contributed by atoms with E-state index in [0.29, 0.717) is 0 Å². The third kappa shape index (κ3) is 4.93. The van der Waals surface area contributed by atoms with E-state index >= 15 is 0 Å². The molecule has 8 heteroatoms. The zero-order valence-electron chi connectivity index (χ0n) is 8.26. The maximum absolute atomic E-state index is 9.32. The first-order valence-corrected chi connectivity index (χ1v) is 4.34. The molecule has 0 amide bonds. The van der Waals surface area contributed by atoms with Crippen molar-refractivity contribution < 1.29 is 25.2 Å². The second-order valence-electron chi connectivity index (χ2n) is 2.94. The number of ether oxygens (including phenoxy) is 1. The molecular formula is C7H15N3O5. The third-order valence-corrected chi connectivity index (χ3v) is 1.75. The minimum Gasteiger partial charge on any atom is -0.396 e. The molecular weight excluding hydrogens is 206 g/mol. The number of nitrogens with zero attached hydrogens (tertiary/aromatic N) is 3. The molecule has 8 nitrogen and oxygen atoms in total. The standard InChI is InChI=1S/C7H15N3O5/c1-4(13)6(3-12)15-7(14)5(2-11)9-10-8/h4-7,11-14H,2-3H2,1H3/t4-,5+,6?,7?/m0/s1. The van der Waals surface area contributed by atoms with Crippen molar-refractivity contribution in [3.05, 3.63) is 10.4 Å². The van der Waals surface area contributed by atoms with Gasteiger partial charge in [-0.15, -0.1) is 0 Å². The Hall–Kier alpha value is -0.890. The summed E-state index contributed by atoms with van der Waals surface area (Å²) in [5, 5.41) is 39.0. The molecule has 2 unspecified atom stereocenters. The molecule has 0 bridgehead atoms. The van der Waals surface area contributed by atoms with Gasteiger partial charge in [0.1, 0.15) is 12.1 Å². The Morgan fingerprint density at radius 3 is 2.27 bits per heavy atom. The van der Waals surface area contributed by atoms with Crippen molar-refractivity contribution in [3.63, 3.8) is 0 Å². The lowest BCUT2D eigenvalue weighted by atomic mass is 10.2. The molecule has 88 valence electrons. The van der Waals surface area contributed by atoms with E-state index in [1.54, 1.807) is 0 Å². The lowest BCUT2D eigenvalue weighted by Gasteiger charge is -2.24. The van der Waals surface area contributed by atoms with Crippen LogP contribution in [0.2, 0.25) is 0 Å². The van der Waals surface area contributed by atoms with E-state index in [0.717, 1.165) is 0 Å². The number of rotatable bonds is 7. The van der Waals surface area contributed by atoms with Crippen molar-refractivity contribution >= 4 is 0 Å². The van der Waals surface area contributed by atoms with Crippen LogP contribution in [0.1, 0.15) is 6.92 Å². The highest BCUT2D eigenvalue weighted by Gasteiger charge is 2.24. The molecule has 0 aromatic carbocycles. The van der Waals surface area contributed by atoms with Gasteiger partial charge in [-0.3, -0.25) is 0 Å². The van der Waals surface area contributed by atoms with Crippen LogP contribution in [0, 0.1) is 0 Å². The van der Waals surface area contributed by atoms with Crippen LogP contribution in [0.15, 0.2) is 5.11 Å². The van der Waals surface area contributed by atoms with Crippen LogP contribution < -0.4 is 0 Å². The summed E-state index contributed by atoms with van der Waals surface area (Å²) in [6.07, 6.45) is -3.56. The molecule has 0 saturated carbocycles. The molecule has 0 heterocycles. The highest BCUT2D eigenvalue weighted by molar-refractivity contribution is 4.72. The quantitative estimate of drug-likeness (QED) is 0.184. The molecule has 0 saturated heterocycles. The summed E-state index contributed by atoms with van der Waals surface area (Å²) >= 11 is 0. The van der Waals surface area contributed by atoms with Gasteiger partial charge in [-0.25, -0.2) is 0 Å². The van der Waals surface area contributed by atoms with Crippen LogP contribution in [0.25, 0.3) is 10.4 Å². The van der Waals surface area contributed by atoms with Gasteiger partial charge in [0, 0.05) is 4.91 Å². The van der Waals surface area contributed by atoms with Gasteiger partial charge in [0.2, 0.25) is 0 Å². The molecule has 0 fully saturated rings. The number of hydrogen-bond donors (Lipinski definition) is 4. The van der Waals surface area contributed by atoms with Crippen molar-refractivity contribution in [3.8, 4) is 0 Å². The highest BCUT2D eigenvalue weighted by atomic mass is 16.6. The molecule has 0 aromatic heterocycles. The van der Waals surface area contributed by atoms with E-state index in [1.807, 2.05) is 0 Å². The van der Waals surface area contributed by atoms with E-state index in [9.17, 15) is 5.11 Å². The smallest absolute Gasteiger partial charge is 0.165 e. The van der Waals surface area contributed by atoms with Gasteiger partial charge in [0.15, 0.2) is 6.29 Å². The Morgan fingerprint density at radius 1 is 1.33 bits per heavy atom. The number of azide groups is 1. The zero-order valence-corrected chi connectivity index (χ0v) is 8.26. The van der Waals surface area contributed by atoms with Gasteiger partial charge >= 0.3 is 0 Å². The fourth-order valence-corrected chi connectivity index (χ4v) is 0.829. The van der Waals surface area contributed by atoms with Crippen LogP contribution >= 0.6 is 0 Å². The van der Waals surface area contributed by atoms with Gasteiger partial charge in [0.25, 0.3) is 0 Å². The zero-order chi connectivity index (χ0) is 11.8. The second kappa shape index (κ2) is 7.41. The Morgan fingerprint density at radius 2 is 1.93 bits per heavy atom. The first-order chi connectivity index (χ1) is 7.06. The van der Waals surface area contributed by atoms with E-state index < -0.39 is 37.8 Å². The molecule has 0 rings (SSSR count). The van der Waals surface area contributed by atoms with Gasteiger partial charge in [-0.1, -0.05) is 5.11 Å². The van der Waals surface area contributed by atoms with Crippen molar-refractivity contribution in [1.29, 1.82) is 0 Å². The Bertz CT molecular complexity index is 219. The SMILES string of the molecule is C[C@H](O)C(CO)OC(O)[C@@H](CO)N=[N+]=[N-]. The van der Waals surface area contributed by atoms with Gasteiger partial charge in [-0.2, -0.15) is 0 Å². The predicted octanol–water partition coefficient (Wildman–Crippen LogP) is -1.27. The molecule has 4 atom stereocenters. The van der Waals surface area contributed by atoms with Crippen LogP contribution in [-0.4, -0.2) is 58.2 Å². The van der Waals surface area contributed by atoms with Crippen molar-refractivity contribution in [1.82, 2.24) is 0 Å². The average Bonchev–Trinajstić information content (AvgIpc) is 2.21. The fourth-order valence-electron chi connectivity index (χ4n) is 0.829. The Balaban J connectivity index is 4.30. The topological polar surface area (TPSA) is 139 Å². The summed E-state index contributed by atoms with van der Waals surface area (Å²) in [6, 6.07) is -1.16. The fraction of sp³-hybridized carbons (Fsp3) is 1.00. The molecule has 0 radical (unpaired) electrons. The first-order valence-electron chi connectivity index (χ1n) is 4.34. The highest BCUT2D eigenvalue weighted by Crippen LogP contribution is 2.07. The van der Waals surface area contributed by atoms with Gasteiger partial charge in [-0.05, 0) is 12.5 Å². The minimum atomic E-state index is -1.57. The summed E-state index contributed by atoms with van der Waals surface area (Å²) in [4.78, 5) is 2.41. The molecule has 0 aliphatic heterocycles. The Kier molecular flexibility index (Phi) is 6.97. The average molecular weight is 221 g/mol. The monoisotopic (exact) mass is 221 g/mol. The molecule has 0 aromatic rings. The third-order valence-electron chi connectivity index (χ3n) is 1.75. The normalized spacial score (nSPS) is 18.7. The predicted molar refractivity (Wildman–Crippen MR) is 49.7 cm³/mol. The summed E-state index contributed by atoms with van der Waals surface area (Å²) in [5.74, 6) is 0. The summed E-state index contributed by atoms with van der Waals surface area (Å²) in [5.41, 5.74) is 8.10. The second-order valence-corrected chi connectivity index (χ2v) is 2.94. The largest absolute Gasteiger partial charge is 0.396 e. The molecule has 4 N–H and O–H groups in total. The maximum atomic E-state index is 9.32. The minimum absolute atomic E-state index is 0.497. The van der Waals surface area contributed by atoms with E-state index in [4.69, 9.17) is 25.6 Å². The van der Waals surface area contributed by atoms with Crippen LogP contribution in [0.4, 0.5) is 0 Å². The maximum Gasteiger partial charge on any atom is 0.165 e. The van der Waals surface area contributed by atoms with Crippen LogP contribution in [0.5, 0.6) is 0 Å². The molecule has 0 aliphatic carbocycles. The first kappa shape index (κ1) is 14.1. The molecule has 0 spiro atoms. The summed E-state index contributed by atoms with van der Waals surface area (Å²) in [6.45, 7) is 0.279. The Labute approximate surface area is 86.4 Å².